The van der Waals surface area contributed by atoms with E-state index in [1.807, 2.05) is 6.92 Å². The Labute approximate surface area is 134 Å². The van der Waals surface area contributed by atoms with Crippen LogP contribution in [0.2, 0.25) is 0 Å². The Morgan fingerprint density at radius 1 is 1.26 bits per heavy atom. The predicted octanol–water partition coefficient (Wildman–Crippen LogP) is 3.06. The van der Waals surface area contributed by atoms with Crippen LogP contribution < -0.4 is 11.1 Å². The summed E-state index contributed by atoms with van der Waals surface area (Å²) < 4.78 is 39.6. The Morgan fingerprint density at radius 3 is 2.52 bits per heavy atom. The number of halogens is 3. The summed E-state index contributed by atoms with van der Waals surface area (Å²) in [4.78, 5) is 11.9. The van der Waals surface area contributed by atoms with Crippen LogP contribution in [0.1, 0.15) is 44.6 Å². The first-order chi connectivity index (χ1) is 10.8. The molecule has 0 heterocycles. The van der Waals surface area contributed by atoms with Gasteiger partial charge in [-0.3, -0.25) is 4.79 Å². The zero-order valence-electron chi connectivity index (χ0n) is 13.2. The maximum atomic E-state index is 13.6. The third-order valence-corrected chi connectivity index (χ3v) is 4.34. The number of hydrogen-bond donors (Lipinski definition) is 2. The molecule has 6 heteroatoms. The van der Waals surface area contributed by atoms with Crippen molar-refractivity contribution >= 4 is 5.91 Å². The van der Waals surface area contributed by atoms with Crippen LogP contribution in [0, 0.1) is 23.4 Å². The molecule has 0 aliphatic heterocycles. The summed E-state index contributed by atoms with van der Waals surface area (Å²) >= 11 is 0. The van der Waals surface area contributed by atoms with E-state index in [0.717, 1.165) is 12.5 Å². The van der Waals surface area contributed by atoms with E-state index in [-0.39, 0.29) is 30.4 Å². The third kappa shape index (κ3) is 5.23. The standard InChI is InChI=1S/C17H23F3N2O/c1-10(5-11-3-2-4-11)22-17(23)8-13(21)6-12-7-15(19)16(20)9-14(12)18/h7,9-11,13H,2-6,8,21H2,1H3,(H,22,23)/t10?,13-/m1/s1. The number of carbonyl (C=O) groups is 1. The molecule has 1 saturated carbocycles. The van der Waals surface area contributed by atoms with Crippen molar-refractivity contribution in [3.8, 4) is 0 Å². The van der Waals surface area contributed by atoms with Gasteiger partial charge in [-0.2, -0.15) is 0 Å². The lowest BCUT2D eigenvalue weighted by atomic mass is 9.81. The molecule has 0 bridgehead atoms. The number of hydrogen-bond acceptors (Lipinski definition) is 2. The SMILES string of the molecule is CC(CC1CCC1)NC(=O)C[C@H](N)Cc1cc(F)c(F)cc1F. The topological polar surface area (TPSA) is 55.1 Å². The Hall–Kier alpha value is -1.56. The van der Waals surface area contributed by atoms with E-state index in [4.69, 9.17) is 5.73 Å². The van der Waals surface area contributed by atoms with E-state index < -0.39 is 23.5 Å². The highest BCUT2D eigenvalue weighted by atomic mass is 19.2. The molecular formula is C17H23F3N2O. The second-order valence-corrected chi connectivity index (χ2v) is 6.53. The highest BCUT2D eigenvalue weighted by Gasteiger charge is 2.21. The molecule has 1 unspecified atom stereocenters. The lowest BCUT2D eigenvalue weighted by Gasteiger charge is -2.28. The van der Waals surface area contributed by atoms with Crippen molar-refractivity contribution in [3.05, 3.63) is 35.1 Å². The molecule has 23 heavy (non-hydrogen) atoms. The molecular weight excluding hydrogens is 305 g/mol. The van der Waals surface area contributed by atoms with E-state index in [1.165, 1.54) is 19.3 Å². The van der Waals surface area contributed by atoms with Gasteiger partial charge in [-0.1, -0.05) is 19.3 Å². The molecule has 0 spiro atoms. The molecule has 2 rings (SSSR count). The first kappa shape index (κ1) is 17.8. The maximum absolute atomic E-state index is 13.6. The highest BCUT2D eigenvalue weighted by Crippen LogP contribution is 2.30. The van der Waals surface area contributed by atoms with Gasteiger partial charge in [-0.25, -0.2) is 13.2 Å². The lowest BCUT2D eigenvalue weighted by molar-refractivity contribution is -0.122. The van der Waals surface area contributed by atoms with Gasteiger partial charge < -0.3 is 11.1 Å². The van der Waals surface area contributed by atoms with Crippen LogP contribution in [0.3, 0.4) is 0 Å². The molecule has 1 aliphatic rings. The van der Waals surface area contributed by atoms with Crippen LogP contribution in [-0.2, 0) is 11.2 Å². The van der Waals surface area contributed by atoms with E-state index in [9.17, 15) is 18.0 Å². The van der Waals surface area contributed by atoms with E-state index in [2.05, 4.69) is 5.32 Å². The number of benzene rings is 1. The summed E-state index contributed by atoms with van der Waals surface area (Å²) in [5.41, 5.74) is 5.81. The maximum Gasteiger partial charge on any atom is 0.221 e. The summed E-state index contributed by atoms with van der Waals surface area (Å²) in [7, 11) is 0. The highest BCUT2D eigenvalue weighted by molar-refractivity contribution is 5.76. The van der Waals surface area contributed by atoms with Gasteiger partial charge in [0, 0.05) is 24.6 Å². The molecule has 128 valence electrons. The lowest BCUT2D eigenvalue weighted by Crippen LogP contribution is -2.39. The van der Waals surface area contributed by atoms with Gasteiger partial charge in [0.2, 0.25) is 5.91 Å². The average Bonchev–Trinajstić information content (AvgIpc) is 2.40. The number of amides is 1. The van der Waals surface area contributed by atoms with Crippen molar-refractivity contribution in [2.45, 2.75) is 57.5 Å². The van der Waals surface area contributed by atoms with Crippen LogP contribution >= 0.6 is 0 Å². The number of carbonyl (C=O) groups excluding carboxylic acids is 1. The summed E-state index contributed by atoms with van der Waals surface area (Å²) in [6.45, 7) is 1.96. The molecule has 1 aliphatic carbocycles. The number of nitrogens with one attached hydrogen (secondary N) is 1. The van der Waals surface area contributed by atoms with Gasteiger partial charge in [0.1, 0.15) is 5.82 Å². The first-order valence-corrected chi connectivity index (χ1v) is 8.03. The van der Waals surface area contributed by atoms with Crippen molar-refractivity contribution in [1.82, 2.24) is 5.32 Å². The van der Waals surface area contributed by atoms with Crippen LogP contribution in [0.4, 0.5) is 13.2 Å². The average molecular weight is 328 g/mol. The monoisotopic (exact) mass is 328 g/mol. The Bertz CT molecular complexity index is 561. The Kier molecular flexibility index (Phi) is 6.04. The second-order valence-electron chi connectivity index (χ2n) is 6.53. The van der Waals surface area contributed by atoms with Crippen LogP contribution in [0.5, 0.6) is 0 Å². The second kappa shape index (κ2) is 7.81. The normalized spacial score (nSPS) is 17.4. The van der Waals surface area contributed by atoms with Gasteiger partial charge in [0.05, 0.1) is 0 Å². The predicted molar refractivity (Wildman–Crippen MR) is 82.2 cm³/mol. The van der Waals surface area contributed by atoms with Crippen molar-refractivity contribution < 1.29 is 18.0 Å². The Balaban J connectivity index is 1.80. The zero-order valence-corrected chi connectivity index (χ0v) is 13.2. The fourth-order valence-electron chi connectivity index (χ4n) is 2.93. The smallest absolute Gasteiger partial charge is 0.221 e. The van der Waals surface area contributed by atoms with Gasteiger partial charge in [0.25, 0.3) is 0 Å². The van der Waals surface area contributed by atoms with E-state index in [0.29, 0.717) is 12.0 Å². The van der Waals surface area contributed by atoms with Gasteiger partial charge in [0.15, 0.2) is 11.6 Å². The number of rotatable bonds is 7. The molecule has 0 saturated heterocycles. The fourth-order valence-corrected chi connectivity index (χ4v) is 2.93. The minimum atomic E-state index is -1.23. The van der Waals surface area contributed by atoms with Crippen molar-refractivity contribution in [2.24, 2.45) is 11.7 Å². The van der Waals surface area contributed by atoms with Crippen LogP contribution in [0.15, 0.2) is 12.1 Å². The summed E-state index contributed by atoms with van der Waals surface area (Å²) in [5, 5.41) is 2.88. The van der Waals surface area contributed by atoms with Crippen molar-refractivity contribution in [1.29, 1.82) is 0 Å². The van der Waals surface area contributed by atoms with E-state index in [1.54, 1.807) is 0 Å². The number of nitrogens with two attached hydrogens (primary N) is 1. The van der Waals surface area contributed by atoms with Crippen molar-refractivity contribution in [2.75, 3.05) is 0 Å². The summed E-state index contributed by atoms with van der Waals surface area (Å²) in [5.74, 6) is -2.71. The molecule has 1 aromatic rings. The molecule has 0 radical (unpaired) electrons. The molecule has 2 atom stereocenters. The van der Waals surface area contributed by atoms with Crippen molar-refractivity contribution in [3.63, 3.8) is 0 Å². The van der Waals surface area contributed by atoms with Gasteiger partial charge >= 0.3 is 0 Å². The zero-order chi connectivity index (χ0) is 17.0. The largest absolute Gasteiger partial charge is 0.354 e. The third-order valence-electron chi connectivity index (χ3n) is 4.34. The van der Waals surface area contributed by atoms with Crippen LogP contribution in [0.25, 0.3) is 0 Å². The molecule has 1 fully saturated rings. The summed E-state index contributed by atoms with van der Waals surface area (Å²) in [6, 6.07) is 0.727. The quantitative estimate of drug-likeness (QED) is 0.756. The molecule has 1 amide bonds. The Morgan fingerprint density at radius 2 is 1.91 bits per heavy atom. The van der Waals surface area contributed by atoms with Crippen LogP contribution in [-0.4, -0.2) is 18.0 Å². The minimum Gasteiger partial charge on any atom is -0.354 e. The summed E-state index contributed by atoms with van der Waals surface area (Å²) in [6.07, 6.45) is 4.65. The van der Waals surface area contributed by atoms with E-state index >= 15 is 0 Å². The fraction of sp³-hybridized carbons (Fsp3) is 0.588. The molecule has 3 nitrogen and oxygen atoms in total. The molecule has 3 N–H and O–H groups in total. The first-order valence-electron chi connectivity index (χ1n) is 8.03. The van der Waals surface area contributed by atoms with Gasteiger partial charge in [-0.15, -0.1) is 0 Å². The van der Waals surface area contributed by atoms with Gasteiger partial charge in [-0.05, 0) is 37.3 Å². The molecule has 1 aromatic carbocycles. The molecule has 0 aromatic heterocycles. The minimum absolute atomic E-state index is 0.0204.